The summed E-state index contributed by atoms with van der Waals surface area (Å²) in [6, 6.07) is 11.9. The van der Waals surface area contributed by atoms with Crippen LogP contribution in [0, 0.1) is 0 Å². The van der Waals surface area contributed by atoms with E-state index in [9.17, 15) is 0 Å². The van der Waals surface area contributed by atoms with Crippen LogP contribution in [0.15, 0.2) is 41.8 Å². The molecule has 0 fully saturated rings. The van der Waals surface area contributed by atoms with E-state index in [1.165, 1.54) is 9.75 Å². The molecule has 152 valence electrons. The van der Waals surface area contributed by atoms with Crippen molar-refractivity contribution in [3.05, 3.63) is 61.8 Å². The number of rotatable bonds is 6. The van der Waals surface area contributed by atoms with Crippen LogP contribution in [-0.4, -0.2) is 16.0 Å². The number of nitrogens with one attached hydrogen (secondary N) is 1. The van der Waals surface area contributed by atoms with Crippen molar-refractivity contribution in [3.63, 3.8) is 0 Å². The summed E-state index contributed by atoms with van der Waals surface area (Å²) < 4.78 is 0.988. The Bertz CT molecular complexity index is 1090. The van der Waals surface area contributed by atoms with E-state index >= 15 is 0 Å². The third-order valence-electron chi connectivity index (χ3n) is 4.23. The van der Waals surface area contributed by atoms with Crippen molar-refractivity contribution in [1.82, 2.24) is 9.97 Å². The number of fused-ring (bicyclic) bond motifs is 1. The number of hydrogen-bond donors (Lipinski definition) is 2. The van der Waals surface area contributed by atoms with Crippen molar-refractivity contribution in [1.29, 1.82) is 0 Å². The molecular formula is C20H19Cl3N4S2. The van der Waals surface area contributed by atoms with Gasteiger partial charge in [0.05, 0.1) is 16.8 Å². The summed E-state index contributed by atoms with van der Waals surface area (Å²) in [4.78, 5) is 11.4. The Hall–Kier alpha value is -1.41. The van der Waals surface area contributed by atoms with Crippen LogP contribution < -0.4 is 11.1 Å². The van der Waals surface area contributed by atoms with E-state index in [1.54, 1.807) is 22.7 Å². The van der Waals surface area contributed by atoms with Gasteiger partial charge < -0.3 is 11.1 Å². The second kappa shape index (κ2) is 9.60. The molecule has 0 bridgehead atoms. The number of anilines is 1. The molecule has 0 radical (unpaired) electrons. The van der Waals surface area contributed by atoms with Crippen molar-refractivity contribution < 1.29 is 0 Å². The molecular weight excluding hydrogens is 467 g/mol. The second-order valence-corrected chi connectivity index (χ2v) is 9.45. The maximum atomic E-state index is 6.28. The largest absolute Gasteiger partial charge is 0.364 e. The Labute approximate surface area is 193 Å². The zero-order valence-corrected chi connectivity index (χ0v) is 19.4. The van der Waals surface area contributed by atoms with Crippen molar-refractivity contribution in [2.24, 2.45) is 5.73 Å². The number of nitrogens with two attached hydrogens (primary N) is 1. The lowest BCUT2D eigenvalue weighted by atomic mass is 10.0. The maximum Gasteiger partial charge on any atom is 0.224 e. The van der Waals surface area contributed by atoms with Gasteiger partial charge in [0, 0.05) is 26.4 Å². The van der Waals surface area contributed by atoms with Gasteiger partial charge in [0.25, 0.3) is 0 Å². The Balaban J connectivity index is 0.00000240. The first kappa shape index (κ1) is 22.3. The molecule has 0 spiro atoms. The van der Waals surface area contributed by atoms with Gasteiger partial charge in [-0.1, -0.05) is 29.8 Å². The van der Waals surface area contributed by atoms with Crippen molar-refractivity contribution in [2.75, 3.05) is 5.32 Å². The van der Waals surface area contributed by atoms with Gasteiger partial charge in [-0.25, -0.2) is 4.98 Å². The minimum Gasteiger partial charge on any atom is -0.364 e. The summed E-state index contributed by atoms with van der Waals surface area (Å²) >= 11 is 15.7. The number of thiophene rings is 2. The molecule has 3 N–H and O–H groups in total. The lowest BCUT2D eigenvalue weighted by Crippen LogP contribution is -2.17. The maximum absolute atomic E-state index is 6.28. The van der Waals surface area contributed by atoms with E-state index in [1.807, 2.05) is 37.3 Å². The average Bonchev–Trinajstić information content (AvgIpc) is 3.28. The lowest BCUT2D eigenvalue weighted by molar-refractivity contribution is 0.747. The average molecular weight is 486 g/mol. The molecule has 0 aliphatic heterocycles. The van der Waals surface area contributed by atoms with Gasteiger partial charge in [0.1, 0.15) is 5.82 Å². The van der Waals surface area contributed by atoms with Crippen molar-refractivity contribution in [2.45, 2.75) is 25.9 Å². The fourth-order valence-electron chi connectivity index (χ4n) is 3.05. The molecule has 0 aliphatic rings. The first-order valence-corrected chi connectivity index (χ1v) is 11.2. The molecule has 0 amide bonds. The monoisotopic (exact) mass is 484 g/mol. The number of hydrogen-bond acceptors (Lipinski definition) is 6. The first-order valence-electron chi connectivity index (χ1n) is 8.78. The predicted octanol–water partition coefficient (Wildman–Crippen LogP) is 6.65. The fraction of sp³-hybridized carbons (Fsp3) is 0.200. The number of nitrogens with zero attached hydrogens (tertiary/aromatic N) is 2. The molecule has 3 heterocycles. The normalized spacial score (nSPS) is 12.0. The molecule has 4 nitrogen and oxygen atoms in total. The Morgan fingerprint density at radius 3 is 2.55 bits per heavy atom. The molecule has 0 saturated carbocycles. The van der Waals surface area contributed by atoms with Crippen molar-refractivity contribution in [3.8, 4) is 11.1 Å². The second-order valence-electron chi connectivity index (χ2n) is 6.54. The SMILES string of the molecule is CC(N)Cc1sc2c(NCc3cccs3)nc(Cl)nc2c1-c1ccc(Cl)cc1.Cl. The third kappa shape index (κ3) is 5.02. The highest BCUT2D eigenvalue weighted by Crippen LogP contribution is 2.42. The number of benzene rings is 1. The zero-order chi connectivity index (χ0) is 19.7. The van der Waals surface area contributed by atoms with Gasteiger partial charge in [-0.2, -0.15) is 4.98 Å². The van der Waals surface area contributed by atoms with Crippen LogP contribution in [0.5, 0.6) is 0 Å². The molecule has 3 aromatic heterocycles. The lowest BCUT2D eigenvalue weighted by Gasteiger charge is -2.08. The first-order chi connectivity index (χ1) is 13.5. The van der Waals surface area contributed by atoms with E-state index in [0.29, 0.717) is 11.6 Å². The zero-order valence-electron chi connectivity index (χ0n) is 15.5. The smallest absolute Gasteiger partial charge is 0.224 e. The van der Waals surface area contributed by atoms with Gasteiger partial charge in [-0.15, -0.1) is 35.1 Å². The molecule has 1 unspecified atom stereocenters. The van der Waals surface area contributed by atoms with Gasteiger partial charge in [0.15, 0.2) is 0 Å². The number of aromatic nitrogens is 2. The molecule has 9 heteroatoms. The molecule has 4 aromatic rings. The van der Waals surface area contributed by atoms with E-state index in [4.69, 9.17) is 28.9 Å². The highest BCUT2D eigenvalue weighted by molar-refractivity contribution is 7.20. The quantitative estimate of drug-likeness (QED) is 0.300. The summed E-state index contributed by atoms with van der Waals surface area (Å²) in [6.07, 6.45) is 0.751. The van der Waals surface area contributed by atoms with Crippen LogP contribution in [-0.2, 0) is 13.0 Å². The van der Waals surface area contributed by atoms with Gasteiger partial charge in [-0.05, 0) is 54.1 Å². The Morgan fingerprint density at radius 2 is 1.90 bits per heavy atom. The summed E-state index contributed by atoms with van der Waals surface area (Å²) in [5, 5.41) is 6.40. The highest BCUT2D eigenvalue weighted by Gasteiger charge is 2.20. The molecule has 1 aromatic carbocycles. The van der Waals surface area contributed by atoms with Crippen LogP contribution in [0.25, 0.3) is 21.3 Å². The van der Waals surface area contributed by atoms with E-state index in [0.717, 1.165) is 33.6 Å². The van der Waals surface area contributed by atoms with Gasteiger partial charge >= 0.3 is 0 Å². The van der Waals surface area contributed by atoms with Gasteiger partial charge in [-0.3, -0.25) is 0 Å². The van der Waals surface area contributed by atoms with Crippen LogP contribution in [0.3, 0.4) is 0 Å². The molecule has 1 atom stereocenters. The molecule has 0 aliphatic carbocycles. The third-order valence-corrected chi connectivity index (χ3v) is 6.74. The van der Waals surface area contributed by atoms with E-state index in [2.05, 4.69) is 26.7 Å². The van der Waals surface area contributed by atoms with Crippen LogP contribution in [0.4, 0.5) is 5.82 Å². The summed E-state index contributed by atoms with van der Waals surface area (Å²) in [5.74, 6) is 0.750. The number of halogens is 3. The summed E-state index contributed by atoms with van der Waals surface area (Å²) in [5.41, 5.74) is 9.06. The van der Waals surface area contributed by atoms with E-state index in [-0.39, 0.29) is 23.7 Å². The molecule has 29 heavy (non-hydrogen) atoms. The van der Waals surface area contributed by atoms with Gasteiger partial charge in [0.2, 0.25) is 5.28 Å². The summed E-state index contributed by atoms with van der Waals surface area (Å²) in [6.45, 7) is 2.70. The minimum atomic E-state index is 0. The minimum absolute atomic E-state index is 0. The van der Waals surface area contributed by atoms with Crippen LogP contribution >= 0.6 is 58.3 Å². The molecule has 0 saturated heterocycles. The summed E-state index contributed by atoms with van der Waals surface area (Å²) in [7, 11) is 0. The molecule has 4 rings (SSSR count). The van der Waals surface area contributed by atoms with Crippen LogP contribution in [0.2, 0.25) is 10.3 Å². The Morgan fingerprint density at radius 1 is 1.14 bits per heavy atom. The Kier molecular flexibility index (Phi) is 7.37. The highest BCUT2D eigenvalue weighted by atomic mass is 35.5. The van der Waals surface area contributed by atoms with Crippen molar-refractivity contribution >= 4 is 74.3 Å². The topological polar surface area (TPSA) is 63.8 Å². The predicted molar refractivity (Wildman–Crippen MR) is 129 cm³/mol. The standard InChI is InChI=1S/C20H18Cl2N4S2.ClH/c1-11(23)9-15-16(12-4-6-13(21)7-5-12)17-18(28-15)19(26-20(22)25-17)24-10-14-3-2-8-27-14;/h2-8,11H,9-10,23H2,1H3,(H,24,25,26);1H. The fourth-order valence-corrected chi connectivity index (χ4v) is 5.36. The van der Waals surface area contributed by atoms with E-state index < -0.39 is 0 Å². The van der Waals surface area contributed by atoms with Crippen LogP contribution in [0.1, 0.15) is 16.7 Å².